The van der Waals surface area contributed by atoms with Crippen molar-refractivity contribution in [2.24, 2.45) is 28.6 Å². The van der Waals surface area contributed by atoms with Gasteiger partial charge in [0.25, 0.3) is 0 Å². The summed E-state index contributed by atoms with van der Waals surface area (Å²) in [5.41, 5.74) is 5.41. The highest BCUT2D eigenvalue weighted by atomic mass is 32.2. The lowest BCUT2D eigenvalue weighted by Crippen LogP contribution is -2.53. The Kier molecular flexibility index (Phi) is 2.92. The first kappa shape index (κ1) is 13.0. The van der Waals surface area contributed by atoms with Crippen molar-refractivity contribution in [2.75, 3.05) is 6.26 Å². The van der Waals surface area contributed by atoms with Crippen LogP contribution in [0.25, 0.3) is 0 Å². The predicted octanol–water partition coefficient (Wildman–Crippen LogP) is 1.18. The average Bonchev–Trinajstić information content (AvgIpc) is 2.22. The van der Waals surface area contributed by atoms with E-state index in [-0.39, 0.29) is 11.6 Å². The fraction of sp³-hybridized carbons (Fsp3) is 0.917. The normalized spacial score (nSPS) is 41.3. The third-order valence-corrected chi connectivity index (χ3v) is 4.91. The molecule has 4 aliphatic carbocycles. The van der Waals surface area contributed by atoms with Gasteiger partial charge in [-0.15, -0.1) is 0 Å². The molecule has 0 saturated heterocycles. The van der Waals surface area contributed by atoms with Gasteiger partial charge in [0.1, 0.15) is 5.60 Å². The second-order valence-corrected chi connectivity index (χ2v) is 7.97. The molecule has 4 bridgehead atoms. The first-order chi connectivity index (χ1) is 8.84. The van der Waals surface area contributed by atoms with Gasteiger partial charge in [-0.05, 0) is 61.4 Å². The lowest BCUT2D eigenvalue weighted by atomic mass is 9.54. The Hall–Kier alpha value is -0.980. The molecule has 19 heavy (non-hydrogen) atoms. The van der Waals surface area contributed by atoms with Crippen molar-refractivity contribution in [3.8, 4) is 0 Å². The van der Waals surface area contributed by atoms with Crippen LogP contribution >= 0.6 is 0 Å². The summed E-state index contributed by atoms with van der Waals surface area (Å²) in [7, 11) is -3.63. The molecular formula is C12H20N2O4S. The summed E-state index contributed by atoms with van der Waals surface area (Å²) >= 11 is 0. The minimum absolute atomic E-state index is 0.174. The van der Waals surface area contributed by atoms with Crippen molar-refractivity contribution in [1.82, 2.24) is 0 Å². The molecule has 7 heteroatoms. The van der Waals surface area contributed by atoms with Crippen LogP contribution in [0.5, 0.6) is 0 Å². The maximum Gasteiger partial charge on any atom is 0.325 e. The number of nitrogens with zero attached hydrogens (tertiary/aromatic N) is 1. The van der Waals surface area contributed by atoms with Crippen molar-refractivity contribution < 1.29 is 17.4 Å². The SMILES string of the molecule is CS(=O)(=O)O/N=C(\N)OC12CC3CC(CC(C3)C1)C2. The Bertz CT molecular complexity index is 465. The predicted molar refractivity (Wildman–Crippen MR) is 69.5 cm³/mol. The standard InChI is InChI=1S/C12H20N2O4S/c1-19(15,16)18-14-11(13)17-12-5-8-2-9(6-12)4-10(3-8)7-12/h8-10H,2-7H2,1H3,(H2,13,14). The van der Waals surface area contributed by atoms with E-state index >= 15 is 0 Å². The van der Waals surface area contributed by atoms with Gasteiger partial charge in [-0.2, -0.15) is 8.42 Å². The largest absolute Gasteiger partial charge is 0.457 e. The number of rotatable bonds is 3. The summed E-state index contributed by atoms with van der Waals surface area (Å²) in [6, 6.07) is -0.174. The Labute approximate surface area is 113 Å². The van der Waals surface area contributed by atoms with E-state index in [1.54, 1.807) is 0 Å². The molecule has 108 valence electrons. The maximum atomic E-state index is 10.9. The van der Waals surface area contributed by atoms with E-state index in [0.29, 0.717) is 0 Å². The molecule has 0 aromatic carbocycles. The number of hydrogen-bond donors (Lipinski definition) is 1. The van der Waals surface area contributed by atoms with Gasteiger partial charge < -0.3 is 10.5 Å². The number of nitrogens with two attached hydrogens (primary N) is 1. The topological polar surface area (TPSA) is 91.0 Å². The van der Waals surface area contributed by atoms with E-state index in [4.69, 9.17) is 10.5 Å². The van der Waals surface area contributed by atoms with Crippen molar-refractivity contribution in [1.29, 1.82) is 0 Å². The van der Waals surface area contributed by atoms with E-state index in [2.05, 4.69) is 9.44 Å². The molecule has 0 aromatic rings. The van der Waals surface area contributed by atoms with Crippen LogP contribution in [0, 0.1) is 17.8 Å². The van der Waals surface area contributed by atoms with Crippen LogP contribution in [0.2, 0.25) is 0 Å². The molecule has 0 atom stereocenters. The van der Waals surface area contributed by atoms with E-state index in [1.807, 2.05) is 0 Å². The summed E-state index contributed by atoms with van der Waals surface area (Å²) < 4.78 is 31.8. The van der Waals surface area contributed by atoms with Crippen LogP contribution in [0.1, 0.15) is 38.5 Å². The maximum absolute atomic E-state index is 10.9. The third-order valence-electron chi connectivity index (χ3n) is 4.57. The van der Waals surface area contributed by atoms with Gasteiger partial charge in [-0.3, -0.25) is 4.28 Å². The van der Waals surface area contributed by atoms with E-state index < -0.39 is 10.1 Å². The molecule has 0 aliphatic heterocycles. The molecule has 0 radical (unpaired) electrons. The highest BCUT2D eigenvalue weighted by Crippen LogP contribution is 2.57. The van der Waals surface area contributed by atoms with Crippen LogP contribution in [0.3, 0.4) is 0 Å². The third kappa shape index (κ3) is 2.80. The van der Waals surface area contributed by atoms with Crippen molar-refractivity contribution in [3.05, 3.63) is 0 Å². The Balaban J connectivity index is 1.69. The zero-order chi connectivity index (χ0) is 13.7. The fourth-order valence-electron chi connectivity index (χ4n) is 4.50. The molecule has 4 fully saturated rings. The fourth-order valence-corrected chi connectivity index (χ4v) is 4.71. The van der Waals surface area contributed by atoms with Crippen LogP contribution in [-0.2, 0) is 19.1 Å². The highest BCUT2D eigenvalue weighted by Gasteiger charge is 2.52. The number of ether oxygens (including phenoxy) is 1. The van der Waals surface area contributed by atoms with Gasteiger partial charge in [0.15, 0.2) is 0 Å². The molecule has 2 N–H and O–H groups in total. The second kappa shape index (κ2) is 4.26. The van der Waals surface area contributed by atoms with Crippen molar-refractivity contribution >= 4 is 16.1 Å². The molecule has 0 unspecified atom stereocenters. The molecule has 0 aromatic heterocycles. The first-order valence-electron chi connectivity index (χ1n) is 6.75. The van der Waals surface area contributed by atoms with Crippen molar-refractivity contribution in [3.63, 3.8) is 0 Å². The van der Waals surface area contributed by atoms with Crippen LogP contribution in [-0.4, -0.2) is 26.3 Å². The zero-order valence-electron chi connectivity index (χ0n) is 11.0. The molecule has 6 nitrogen and oxygen atoms in total. The average molecular weight is 288 g/mol. The summed E-state index contributed by atoms with van der Waals surface area (Å²) in [4.78, 5) is 0. The summed E-state index contributed by atoms with van der Waals surface area (Å²) in [5, 5.41) is 3.36. The summed E-state index contributed by atoms with van der Waals surface area (Å²) in [5.74, 6) is 2.19. The lowest BCUT2D eigenvalue weighted by Gasteiger charge is -2.55. The van der Waals surface area contributed by atoms with Gasteiger partial charge in [0.05, 0.1) is 6.26 Å². The molecule has 0 heterocycles. The van der Waals surface area contributed by atoms with Crippen LogP contribution in [0.15, 0.2) is 5.16 Å². The van der Waals surface area contributed by atoms with Gasteiger partial charge >= 0.3 is 16.1 Å². The molecule has 0 amide bonds. The zero-order valence-corrected chi connectivity index (χ0v) is 11.9. The smallest absolute Gasteiger partial charge is 0.325 e. The summed E-state index contributed by atoms with van der Waals surface area (Å²) in [6.45, 7) is 0. The lowest BCUT2D eigenvalue weighted by molar-refractivity contribution is -0.116. The van der Waals surface area contributed by atoms with E-state index in [9.17, 15) is 8.42 Å². The molecule has 4 rings (SSSR count). The Morgan fingerprint density at radius 3 is 2.05 bits per heavy atom. The van der Waals surface area contributed by atoms with Gasteiger partial charge in [-0.25, -0.2) is 0 Å². The number of amidine groups is 1. The molecule has 4 aliphatic rings. The van der Waals surface area contributed by atoms with Gasteiger partial charge in [0, 0.05) is 0 Å². The van der Waals surface area contributed by atoms with E-state index in [1.165, 1.54) is 19.3 Å². The van der Waals surface area contributed by atoms with Crippen LogP contribution < -0.4 is 5.73 Å². The first-order valence-corrected chi connectivity index (χ1v) is 8.56. The Morgan fingerprint density at radius 1 is 1.16 bits per heavy atom. The minimum atomic E-state index is -3.63. The minimum Gasteiger partial charge on any atom is -0.457 e. The second-order valence-electron chi connectivity index (χ2n) is 6.41. The van der Waals surface area contributed by atoms with Crippen LogP contribution in [0.4, 0.5) is 0 Å². The van der Waals surface area contributed by atoms with Gasteiger partial charge in [-0.1, -0.05) is 0 Å². The van der Waals surface area contributed by atoms with Gasteiger partial charge in [0.2, 0.25) is 0 Å². The quantitative estimate of drug-likeness (QED) is 0.478. The highest BCUT2D eigenvalue weighted by molar-refractivity contribution is 7.85. The Morgan fingerprint density at radius 2 is 1.63 bits per heavy atom. The molecule has 0 spiro atoms. The molecule has 4 saturated carbocycles. The molecular weight excluding hydrogens is 268 g/mol. The number of hydrogen-bond acceptors (Lipinski definition) is 5. The monoisotopic (exact) mass is 288 g/mol. The summed E-state index contributed by atoms with van der Waals surface area (Å²) in [6.07, 6.45) is 7.86. The van der Waals surface area contributed by atoms with E-state index in [0.717, 1.165) is 43.3 Å². The number of oxime groups is 1. The van der Waals surface area contributed by atoms with Crippen molar-refractivity contribution in [2.45, 2.75) is 44.1 Å².